The van der Waals surface area contributed by atoms with Crippen LogP contribution in [0, 0.1) is 6.92 Å². The van der Waals surface area contributed by atoms with Gasteiger partial charge in [-0.25, -0.2) is 0 Å². The van der Waals surface area contributed by atoms with Gasteiger partial charge in [-0.05, 0) is 51.5 Å². The van der Waals surface area contributed by atoms with E-state index in [1.807, 2.05) is 27.7 Å². The van der Waals surface area contributed by atoms with Crippen LogP contribution >= 0.6 is 11.6 Å². The standard InChI is InChI=1S/C15H20ClNO3/c1-10-7-11(9-12(16)8-10)14(20)17(15(2,3)4)6-5-13(18)19/h7-9H,5-6H2,1-4H3,(H,18,19). The summed E-state index contributed by atoms with van der Waals surface area (Å²) >= 11 is 5.98. The van der Waals surface area contributed by atoms with E-state index in [1.54, 1.807) is 23.1 Å². The van der Waals surface area contributed by atoms with E-state index in [0.717, 1.165) is 5.56 Å². The molecule has 0 aliphatic rings. The number of benzene rings is 1. The Morgan fingerprint density at radius 2 is 1.85 bits per heavy atom. The normalized spacial score (nSPS) is 11.2. The number of amides is 1. The number of carboxylic acids is 1. The van der Waals surface area contributed by atoms with E-state index in [0.29, 0.717) is 10.6 Å². The molecule has 110 valence electrons. The lowest BCUT2D eigenvalue weighted by Crippen LogP contribution is -2.46. The van der Waals surface area contributed by atoms with Crippen LogP contribution in [0.2, 0.25) is 5.02 Å². The molecule has 1 rings (SSSR count). The van der Waals surface area contributed by atoms with E-state index in [2.05, 4.69) is 0 Å². The zero-order valence-corrected chi connectivity index (χ0v) is 13.0. The SMILES string of the molecule is Cc1cc(Cl)cc(C(=O)N(CCC(=O)O)C(C)(C)C)c1. The average molecular weight is 298 g/mol. The highest BCUT2D eigenvalue weighted by molar-refractivity contribution is 6.31. The molecule has 0 atom stereocenters. The van der Waals surface area contributed by atoms with Gasteiger partial charge in [-0.2, -0.15) is 0 Å². The number of carboxylic acid groups (broad SMARTS) is 1. The van der Waals surface area contributed by atoms with Crippen molar-refractivity contribution in [2.45, 2.75) is 39.7 Å². The van der Waals surface area contributed by atoms with Gasteiger partial charge >= 0.3 is 5.97 Å². The fraction of sp³-hybridized carbons (Fsp3) is 0.467. The number of carbonyl (C=O) groups excluding carboxylic acids is 1. The molecule has 1 N–H and O–H groups in total. The first kappa shape index (κ1) is 16.5. The molecular weight excluding hydrogens is 278 g/mol. The van der Waals surface area contributed by atoms with E-state index in [4.69, 9.17) is 16.7 Å². The monoisotopic (exact) mass is 297 g/mol. The molecule has 0 radical (unpaired) electrons. The molecule has 4 nitrogen and oxygen atoms in total. The van der Waals surface area contributed by atoms with Gasteiger partial charge in [0.15, 0.2) is 0 Å². The number of aliphatic carboxylic acids is 1. The Bertz CT molecular complexity index is 500. The van der Waals surface area contributed by atoms with Crippen molar-refractivity contribution in [3.8, 4) is 0 Å². The van der Waals surface area contributed by atoms with Gasteiger partial charge in [0, 0.05) is 22.7 Å². The van der Waals surface area contributed by atoms with E-state index in [-0.39, 0.29) is 18.9 Å². The van der Waals surface area contributed by atoms with Gasteiger partial charge in [-0.1, -0.05) is 11.6 Å². The zero-order valence-electron chi connectivity index (χ0n) is 12.2. The first-order valence-electron chi connectivity index (χ1n) is 6.42. The molecule has 0 aliphatic heterocycles. The first-order chi connectivity index (χ1) is 9.11. The molecule has 0 spiro atoms. The number of hydrogen-bond donors (Lipinski definition) is 1. The van der Waals surface area contributed by atoms with E-state index < -0.39 is 11.5 Å². The molecule has 1 amide bonds. The summed E-state index contributed by atoms with van der Waals surface area (Å²) in [5, 5.41) is 9.31. The van der Waals surface area contributed by atoms with Gasteiger partial charge < -0.3 is 10.0 Å². The highest BCUT2D eigenvalue weighted by atomic mass is 35.5. The van der Waals surface area contributed by atoms with Crippen LogP contribution in [0.15, 0.2) is 18.2 Å². The molecule has 1 aromatic carbocycles. The van der Waals surface area contributed by atoms with Crippen molar-refractivity contribution in [2.24, 2.45) is 0 Å². The van der Waals surface area contributed by atoms with Gasteiger partial charge in [-0.3, -0.25) is 9.59 Å². The van der Waals surface area contributed by atoms with E-state index >= 15 is 0 Å². The topological polar surface area (TPSA) is 57.6 Å². The summed E-state index contributed by atoms with van der Waals surface area (Å²) in [4.78, 5) is 24.9. The van der Waals surface area contributed by atoms with Gasteiger partial charge in [-0.15, -0.1) is 0 Å². The van der Waals surface area contributed by atoms with Crippen LogP contribution in [-0.2, 0) is 4.79 Å². The van der Waals surface area contributed by atoms with E-state index in [9.17, 15) is 9.59 Å². The fourth-order valence-electron chi connectivity index (χ4n) is 1.96. The van der Waals surface area contributed by atoms with Crippen LogP contribution in [-0.4, -0.2) is 34.0 Å². The van der Waals surface area contributed by atoms with Crippen molar-refractivity contribution in [2.75, 3.05) is 6.54 Å². The van der Waals surface area contributed by atoms with Gasteiger partial charge in [0.25, 0.3) is 5.91 Å². The predicted octanol–water partition coefficient (Wildman–Crippen LogP) is 3.36. The highest BCUT2D eigenvalue weighted by Crippen LogP contribution is 2.21. The Morgan fingerprint density at radius 1 is 1.25 bits per heavy atom. The number of carbonyl (C=O) groups is 2. The fourth-order valence-corrected chi connectivity index (χ4v) is 2.25. The van der Waals surface area contributed by atoms with Crippen molar-refractivity contribution >= 4 is 23.5 Å². The minimum absolute atomic E-state index is 0.0808. The average Bonchev–Trinajstić information content (AvgIpc) is 2.25. The van der Waals surface area contributed by atoms with Crippen LogP contribution in [0.3, 0.4) is 0 Å². The maximum Gasteiger partial charge on any atom is 0.305 e. The quantitative estimate of drug-likeness (QED) is 0.927. The highest BCUT2D eigenvalue weighted by Gasteiger charge is 2.27. The van der Waals surface area contributed by atoms with Gasteiger partial charge in [0.05, 0.1) is 6.42 Å². The second kappa shape index (κ2) is 6.27. The molecule has 0 bridgehead atoms. The van der Waals surface area contributed by atoms with Crippen LogP contribution < -0.4 is 0 Å². The third-order valence-corrected chi connectivity index (χ3v) is 3.11. The van der Waals surface area contributed by atoms with Crippen LogP contribution in [0.5, 0.6) is 0 Å². The molecule has 0 aliphatic carbocycles. The third-order valence-electron chi connectivity index (χ3n) is 2.89. The summed E-state index contributed by atoms with van der Waals surface area (Å²) < 4.78 is 0. The molecule has 0 fully saturated rings. The second-order valence-corrected chi connectivity index (χ2v) is 6.23. The second-order valence-electron chi connectivity index (χ2n) is 5.79. The Hall–Kier alpha value is -1.55. The number of halogens is 1. The Balaban J connectivity index is 3.06. The minimum atomic E-state index is -0.922. The lowest BCUT2D eigenvalue weighted by molar-refractivity contribution is -0.137. The van der Waals surface area contributed by atoms with Crippen molar-refractivity contribution in [3.63, 3.8) is 0 Å². The summed E-state index contributed by atoms with van der Waals surface area (Å²) in [6, 6.07) is 5.14. The van der Waals surface area contributed by atoms with Gasteiger partial charge in [0.1, 0.15) is 0 Å². The molecule has 1 aromatic rings. The van der Waals surface area contributed by atoms with Crippen molar-refractivity contribution in [1.29, 1.82) is 0 Å². The molecule has 0 aromatic heterocycles. The molecular formula is C15H20ClNO3. The maximum absolute atomic E-state index is 12.6. The first-order valence-corrected chi connectivity index (χ1v) is 6.80. The largest absolute Gasteiger partial charge is 0.481 e. The Morgan fingerprint density at radius 3 is 2.30 bits per heavy atom. The number of hydrogen-bond acceptors (Lipinski definition) is 2. The Kier molecular flexibility index (Phi) is 5.17. The van der Waals surface area contributed by atoms with Gasteiger partial charge in [0.2, 0.25) is 0 Å². The lowest BCUT2D eigenvalue weighted by Gasteiger charge is -2.35. The summed E-state index contributed by atoms with van der Waals surface area (Å²) in [6.45, 7) is 7.67. The molecule has 0 unspecified atom stereocenters. The maximum atomic E-state index is 12.6. The third kappa shape index (κ3) is 4.53. The summed E-state index contributed by atoms with van der Waals surface area (Å²) in [7, 11) is 0. The minimum Gasteiger partial charge on any atom is -0.481 e. The number of aryl methyl sites for hydroxylation is 1. The lowest BCUT2D eigenvalue weighted by atomic mass is 10.0. The molecule has 20 heavy (non-hydrogen) atoms. The summed E-state index contributed by atoms with van der Waals surface area (Å²) in [5.74, 6) is -1.13. The summed E-state index contributed by atoms with van der Waals surface area (Å²) in [6.07, 6.45) is -0.0808. The smallest absolute Gasteiger partial charge is 0.305 e. The van der Waals surface area contributed by atoms with Crippen molar-refractivity contribution in [3.05, 3.63) is 34.3 Å². The predicted molar refractivity (Wildman–Crippen MR) is 79.2 cm³/mol. The molecule has 0 heterocycles. The molecule has 0 saturated heterocycles. The molecule has 0 saturated carbocycles. The van der Waals surface area contributed by atoms with Crippen molar-refractivity contribution in [1.82, 2.24) is 4.90 Å². The Labute approximate surface area is 124 Å². The van der Waals surface area contributed by atoms with Crippen LogP contribution in [0.4, 0.5) is 0 Å². The number of rotatable bonds is 4. The zero-order chi connectivity index (χ0) is 15.5. The van der Waals surface area contributed by atoms with Crippen molar-refractivity contribution < 1.29 is 14.7 Å². The number of nitrogens with zero attached hydrogens (tertiary/aromatic N) is 1. The van der Waals surface area contributed by atoms with Crippen LogP contribution in [0.25, 0.3) is 0 Å². The molecule has 5 heteroatoms. The van der Waals surface area contributed by atoms with Crippen LogP contribution in [0.1, 0.15) is 43.1 Å². The summed E-state index contributed by atoms with van der Waals surface area (Å²) in [5.41, 5.74) is 0.922. The van der Waals surface area contributed by atoms with E-state index in [1.165, 1.54) is 0 Å².